The van der Waals surface area contributed by atoms with Gasteiger partial charge in [-0.1, -0.05) is 49.4 Å². The minimum Gasteiger partial charge on any atom is -0.495 e. The van der Waals surface area contributed by atoms with Gasteiger partial charge in [0.05, 0.1) is 19.1 Å². The number of ether oxygens (including phenoxy) is 1. The number of carbonyl (C=O) groups is 2. The third kappa shape index (κ3) is 7.21. The molecule has 0 radical (unpaired) electrons. The van der Waals surface area contributed by atoms with Crippen molar-refractivity contribution in [3.05, 3.63) is 60.2 Å². The Morgan fingerprint density at radius 1 is 1.03 bits per heavy atom. The highest BCUT2D eigenvalue weighted by molar-refractivity contribution is 7.92. The zero-order valence-corrected chi connectivity index (χ0v) is 20.5. The van der Waals surface area contributed by atoms with E-state index >= 15 is 0 Å². The van der Waals surface area contributed by atoms with Crippen molar-refractivity contribution in [1.82, 2.24) is 10.2 Å². The zero-order chi connectivity index (χ0) is 24.4. The van der Waals surface area contributed by atoms with E-state index in [9.17, 15) is 18.0 Å². The number of anilines is 1. The Labute approximate surface area is 196 Å². The molecule has 0 heterocycles. The molecule has 9 heteroatoms. The molecule has 0 bridgehead atoms. The van der Waals surface area contributed by atoms with Gasteiger partial charge in [-0.3, -0.25) is 13.9 Å². The Balaban J connectivity index is 2.38. The van der Waals surface area contributed by atoms with Gasteiger partial charge in [0.25, 0.3) is 0 Å². The molecule has 0 aliphatic carbocycles. The molecule has 33 heavy (non-hydrogen) atoms. The van der Waals surface area contributed by atoms with Crippen LogP contribution in [0.4, 0.5) is 5.69 Å². The predicted molar refractivity (Wildman–Crippen MR) is 130 cm³/mol. The number of nitrogens with one attached hydrogen (secondary N) is 1. The van der Waals surface area contributed by atoms with Crippen molar-refractivity contribution < 1.29 is 22.7 Å². The van der Waals surface area contributed by atoms with Gasteiger partial charge in [0.1, 0.15) is 18.3 Å². The van der Waals surface area contributed by atoms with Gasteiger partial charge in [0.2, 0.25) is 21.8 Å². The number of methoxy groups -OCH3 is 1. The fraction of sp³-hybridized carbons (Fsp3) is 0.417. The molecule has 0 spiro atoms. The fourth-order valence-corrected chi connectivity index (χ4v) is 4.47. The Morgan fingerprint density at radius 2 is 1.67 bits per heavy atom. The first-order valence-corrected chi connectivity index (χ1v) is 12.8. The lowest BCUT2D eigenvalue weighted by Gasteiger charge is -2.33. The number of carbonyl (C=O) groups excluding carboxylic acids is 2. The monoisotopic (exact) mass is 475 g/mol. The molecule has 0 saturated carbocycles. The highest BCUT2D eigenvalue weighted by Crippen LogP contribution is 2.29. The molecule has 8 nitrogen and oxygen atoms in total. The Kier molecular flexibility index (Phi) is 9.72. The van der Waals surface area contributed by atoms with Gasteiger partial charge in [-0.05, 0) is 37.5 Å². The maximum Gasteiger partial charge on any atom is 0.244 e. The number of para-hydroxylation sites is 2. The second-order valence-electron chi connectivity index (χ2n) is 7.58. The summed E-state index contributed by atoms with van der Waals surface area (Å²) in [5.74, 6) is -0.382. The molecule has 2 amide bonds. The summed E-state index contributed by atoms with van der Waals surface area (Å²) in [5.41, 5.74) is 1.29. The number of hydrogen-bond acceptors (Lipinski definition) is 5. The molecular weight excluding hydrogens is 442 g/mol. The van der Waals surface area contributed by atoms with Crippen LogP contribution in [-0.2, 0) is 26.0 Å². The number of benzene rings is 2. The first-order valence-electron chi connectivity index (χ1n) is 10.9. The van der Waals surface area contributed by atoms with Gasteiger partial charge in [0, 0.05) is 13.1 Å². The van der Waals surface area contributed by atoms with Gasteiger partial charge < -0.3 is 15.0 Å². The first kappa shape index (κ1) is 26.2. The molecule has 0 saturated heterocycles. The van der Waals surface area contributed by atoms with Crippen LogP contribution in [0.15, 0.2) is 54.6 Å². The maximum atomic E-state index is 13.5. The summed E-state index contributed by atoms with van der Waals surface area (Å²) in [4.78, 5) is 27.7. The van der Waals surface area contributed by atoms with E-state index in [1.165, 1.54) is 12.0 Å². The van der Waals surface area contributed by atoms with Crippen molar-refractivity contribution in [2.24, 2.45) is 0 Å². The van der Waals surface area contributed by atoms with Crippen molar-refractivity contribution in [1.29, 1.82) is 0 Å². The van der Waals surface area contributed by atoms with E-state index in [1.807, 2.05) is 44.2 Å². The molecule has 2 rings (SSSR count). The zero-order valence-electron chi connectivity index (χ0n) is 19.7. The third-order valence-electron chi connectivity index (χ3n) is 5.25. The highest BCUT2D eigenvalue weighted by Gasteiger charge is 2.32. The van der Waals surface area contributed by atoms with E-state index < -0.39 is 28.5 Å². The molecule has 0 fully saturated rings. The molecule has 2 aromatic rings. The quantitative estimate of drug-likeness (QED) is 0.509. The third-order valence-corrected chi connectivity index (χ3v) is 6.38. The predicted octanol–water partition coefficient (Wildman–Crippen LogP) is 2.45. The summed E-state index contributed by atoms with van der Waals surface area (Å²) in [5, 5.41) is 2.78. The van der Waals surface area contributed by atoms with Gasteiger partial charge in [-0.2, -0.15) is 0 Å². The van der Waals surface area contributed by atoms with E-state index in [0.717, 1.165) is 16.1 Å². The number of amides is 2. The molecule has 0 aliphatic heterocycles. The van der Waals surface area contributed by atoms with Crippen molar-refractivity contribution in [2.45, 2.75) is 32.7 Å². The van der Waals surface area contributed by atoms with Crippen molar-refractivity contribution in [2.75, 3.05) is 37.3 Å². The molecule has 0 unspecified atom stereocenters. The van der Waals surface area contributed by atoms with Gasteiger partial charge in [0.15, 0.2) is 0 Å². The van der Waals surface area contributed by atoms with E-state index in [2.05, 4.69) is 5.32 Å². The van der Waals surface area contributed by atoms with Crippen LogP contribution in [0.25, 0.3) is 0 Å². The van der Waals surface area contributed by atoms with E-state index in [4.69, 9.17) is 4.74 Å². The Hall–Kier alpha value is -3.07. The normalized spacial score (nSPS) is 12.0. The van der Waals surface area contributed by atoms with Crippen molar-refractivity contribution >= 4 is 27.5 Å². The average molecular weight is 476 g/mol. The lowest BCUT2D eigenvalue weighted by molar-refractivity contribution is -0.139. The van der Waals surface area contributed by atoms with Crippen LogP contribution in [0.2, 0.25) is 0 Å². The maximum absolute atomic E-state index is 13.5. The average Bonchev–Trinajstić information content (AvgIpc) is 2.80. The van der Waals surface area contributed by atoms with E-state index in [-0.39, 0.29) is 18.1 Å². The molecule has 0 aromatic heterocycles. The molecule has 0 aliphatic rings. The summed E-state index contributed by atoms with van der Waals surface area (Å²) >= 11 is 0. The molecule has 2 aromatic carbocycles. The smallest absolute Gasteiger partial charge is 0.244 e. The lowest BCUT2D eigenvalue weighted by Crippen LogP contribution is -2.53. The minimum absolute atomic E-state index is 0.260. The number of likely N-dealkylation sites (N-methyl/N-ethyl adjacent to an activating group) is 1. The van der Waals surface area contributed by atoms with Crippen LogP contribution in [0, 0.1) is 0 Å². The van der Waals surface area contributed by atoms with Crippen molar-refractivity contribution in [3.63, 3.8) is 0 Å². The standard InChI is InChI=1S/C24H33N3O5S/c1-5-20(24(29)25-6-2)26(17-16-19-12-8-7-9-13-19)23(28)18-27(33(4,30)31)21-14-10-11-15-22(21)32-3/h7-15,20H,5-6,16-18H2,1-4H3,(H,25,29)/t20-/m0/s1. The molecule has 1 N–H and O–H groups in total. The molecule has 180 valence electrons. The Morgan fingerprint density at radius 3 is 2.24 bits per heavy atom. The van der Waals surface area contributed by atoms with E-state index in [1.54, 1.807) is 24.3 Å². The summed E-state index contributed by atoms with van der Waals surface area (Å²) in [6.45, 7) is 3.92. The summed E-state index contributed by atoms with van der Waals surface area (Å²) < 4.78 is 31.6. The van der Waals surface area contributed by atoms with Gasteiger partial charge in [-0.25, -0.2) is 8.42 Å². The van der Waals surface area contributed by atoms with Crippen LogP contribution < -0.4 is 14.4 Å². The molecule has 1 atom stereocenters. The number of sulfonamides is 1. The van der Waals surface area contributed by atoms with Crippen molar-refractivity contribution in [3.8, 4) is 5.75 Å². The van der Waals surface area contributed by atoms with E-state index in [0.29, 0.717) is 25.1 Å². The SMILES string of the molecule is CCNC(=O)[C@H](CC)N(CCc1ccccc1)C(=O)CN(c1ccccc1OC)S(C)(=O)=O. The second-order valence-corrected chi connectivity index (χ2v) is 9.49. The lowest BCUT2D eigenvalue weighted by atomic mass is 10.1. The van der Waals surface area contributed by atoms with Crippen LogP contribution in [0.5, 0.6) is 5.75 Å². The van der Waals surface area contributed by atoms with Crippen LogP contribution in [0.1, 0.15) is 25.8 Å². The number of nitrogens with zero attached hydrogens (tertiary/aromatic N) is 2. The fourth-order valence-electron chi connectivity index (χ4n) is 3.62. The highest BCUT2D eigenvalue weighted by atomic mass is 32.2. The second kappa shape index (κ2) is 12.2. The van der Waals surface area contributed by atoms with Crippen LogP contribution in [-0.4, -0.2) is 64.2 Å². The largest absolute Gasteiger partial charge is 0.495 e. The summed E-state index contributed by atoms with van der Waals surface area (Å²) in [7, 11) is -2.36. The minimum atomic E-state index is -3.80. The van der Waals surface area contributed by atoms with Crippen LogP contribution >= 0.6 is 0 Å². The summed E-state index contributed by atoms with van der Waals surface area (Å²) in [6.07, 6.45) is 1.98. The topological polar surface area (TPSA) is 96.0 Å². The number of hydrogen-bond donors (Lipinski definition) is 1. The Bertz CT molecular complexity index is 1030. The van der Waals surface area contributed by atoms with Gasteiger partial charge >= 0.3 is 0 Å². The van der Waals surface area contributed by atoms with Gasteiger partial charge in [-0.15, -0.1) is 0 Å². The first-order chi connectivity index (χ1) is 15.7. The number of rotatable bonds is 12. The summed E-state index contributed by atoms with van der Waals surface area (Å²) in [6, 6.07) is 15.5. The molecular formula is C24H33N3O5S. The van der Waals surface area contributed by atoms with Crippen LogP contribution in [0.3, 0.4) is 0 Å².